The molecule has 3 N–H and O–H groups in total. The van der Waals surface area contributed by atoms with Crippen LogP contribution in [0.5, 0.6) is 0 Å². The molecular weight excluding hydrogens is 244 g/mol. The number of hydrogen-bond acceptors (Lipinski definition) is 2. The second-order valence-electron chi connectivity index (χ2n) is 3.49. The van der Waals surface area contributed by atoms with Gasteiger partial charge in [-0.15, -0.1) is 0 Å². The standard InChI is InChI=1S/C11H13ClN2O3/c1-7-2-3-8(6-9(7)12)14-11(17)13-5-4-10(15)16/h2-3,6H,4-5H2,1H3,(H,15,16)(H2,13,14,17). The molecule has 6 heteroatoms. The first kappa shape index (κ1) is 13.3. The highest BCUT2D eigenvalue weighted by Gasteiger charge is 2.04. The van der Waals surface area contributed by atoms with E-state index in [1.807, 2.05) is 6.92 Å². The molecule has 0 aliphatic carbocycles. The molecule has 0 aliphatic rings. The van der Waals surface area contributed by atoms with Crippen LogP contribution in [-0.4, -0.2) is 23.7 Å². The Morgan fingerprint density at radius 3 is 2.71 bits per heavy atom. The number of nitrogens with one attached hydrogen (secondary N) is 2. The monoisotopic (exact) mass is 256 g/mol. The van der Waals surface area contributed by atoms with Crippen LogP contribution in [0.2, 0.25) is 5.02 Å². The molecule has 0 aliphatic heterocycles. The van der Waals surface area contributed by atoms with Gasteiger partial charge in [0.15, 0.2) is 0 Å². The molecule has 0 saturated heterocycles. The van der Waals surface area contributed by atoms with E-state index in [1.165, 1.54) is 0 Å². The van der Waals surface area contributed by atoms with E-state index in [4.69, 9.17) is 16.7 Å². The number of carbonyl (C=O) groups is 2. The Bertz CT molecular complexity index is 435. The number of amides is 2. The Balaban J connectivity index is 2.45. The lowest BCUT2D eigenvalue weighted by molar-refractivity contribution is -0.136. The molecular formula is C11H13ClN2O3. The molecule has 0 heterocycles. The first-order chi connectivity index (χ1) is 7.99. The molecule has 1 aromatic carbocycles. The first-order valence-electron chi connectivity index (χ1n) is 5.02. The Morgan fingerprint density at radius 2 is 2.12 bits per heavy atom. The third-order valence-electron chi connectivity index (χ3n) is 2.05. The lowest BCUT2D eigenvalue weighted by atomic mass is 10.2. The summed E-state index contributed by atoms with van der Waals surface area (Å²) in [6, 6.07) is 4.69. The smallest absolute Gasteiger partial charge is 0.319 e. The molecule has 92 valence electrons. The van der Waals surface area contributed by atoms with Crippen molar-refractivity contribution < 1.29 is 14.7 Å². The van der Waals surface area contributed by atoms with Crippen molar-refractivity contribution >= 4 is 29.3 Å². The predicted molar refractivity (Wildman–Crippen MR) is 65.5 cm³/mol. The molecule has 5 nitrogen and oxygen atoms in total. The van der Waals surface area contributed by atoms with Gasteiger partial charge in [0.05, 0.1) is 6.42 Å². The van der Waals surface area contributed by atoms with Gasteiger partial charge in [0, 0.05) is 17.3 Å². The van der Waals surface area contributed by atoms with Gasteiger partial charge in [0.2, 0.25) is 0 Å². The molecule has 0 atom stereocenters. The topological polar surface area (TPSA) is 78.4 Å². The van der Waals surface area contributed by atoms with Gasteiger partial charge in [-0.3, -0.25) is 4.79 Å². The molecule has 0 aromatic heterocycles. The van der Waals surface area contributed by atoms with Crippen molar-refractivity contribution in [3.63, 3.8) is 0 Å². The van der Waals surface area contributed by atoms with Crippen LogP contribution in [-0.2, 0) is 4.79 Å². The number of rotatable bonds is 4. The minimum absolute atomic E-state index is 0.0841. The van der Waals surface area contributed by atoms with Gasteiger partial charge in [-0.2, -0.15) is 0 Å². The number of benzene rings is 1. The predicted octanol–water partition coefficient (Wildman–Crippen LogP) is 2.24. The largest absolute Gasteiger partial charge is 0.481 e. The normalized spacial score (nSPS) is 9.76. The average Bonchev–Trinajstić information content (AvgIpc) is 2.23. The van der Waals surface area contributed by atoms with Crippen LogP contribution in [0.3, 0.4) is 0 Å². The fourth-order valence-electron chi connectivity index (χ4n) is 1.13. The maximum Gasteiger partial charge on any atom is 0.319 e. The summed E-state index contributed by atoms with van der Waals surface area (Å²) in [5.74, 6) is -0.955. The average molecular weight is 257 g/mol. The zero-order valence-corrected chi connectivity index (χ0v) is 10.0. The Labute approximate surface area is 104 Å². The molecule has 0 unspecified atom stereocenters. The summed E-state index contributed by atoms with van der Waals surface area (Å²) >= 11 is 5.89. The van der Waals surface area contributed by atoms with Crippen molar-refractivity contribution in [3.05, 3.63) is 28.8 Å². The number of urea groups is 1. The summed E-state index contributed by atoms with van der Waals surface area (Å²) in [6.07, 6.45) is -0.109. The van der Waals surface area contributed by atoms with E-state index in [0.29, 0.717) is 10.7 Å². The maximum absolute atomic E-state index is 11.3. The third kappa shape index (κ3) is 4.74. The van der Waals surface area contributed by atoms with Gasteiger partial charge in [0.25, 0.3) is 0 Å². The fourth-order valence-corrected chi connectivity index (χ4v) is 1.31. The highest BCUT2D eigenvalue weighted by Crippen LogP contribution is 2.19. The van der Waals surface area contributed by atoms with Crippen LogP contribution >= 0.6 is 11.6 Å². The van der Waals surface area contributed by atoms with Crippen molar-refractivity contribution in [2.75, 3.05) is 11.9 Å². The third-order valence-corrected chi connectivity index (χ3v) is 2.46. The van der Waals surface area contributed by atoms with Crippen LogP contribution < -0.4 is 10.6 Å². The van der Waals surface area contributed by atoms with Gasteiger partial charge in [-0.05, 0) is 24.6 Å². The number of carboxylic acids is 1. The number of halogens is 1. The summed E-state index contributed by atoms with van der Waals surface area (Å²) < 4.78 is 0. The Morgan fingerprint density at radius 1 is 1.41 bits per heavy atom. The van der Waals surface area contributed by atoms with Crippen molar-refractivity contribution in [1.29, 1.82) is 0 Å². The lowest BCUT2D eigenvalue weighted by Gasteiger charge is -2.07. The van der Waals surface area contributed by atoms with E-state index < -0.39 is 12.0 Å². The number of aliphatic carboxylic acids is 1. The zero-order valence-electron chi connectivity index (χ0n) is 9.29. The van der Waals surface area contributed by atoms with E-state index in [2.05, 4.69) is 10.6 Å². The molecule has 17 heavy (non-hydrogen) atoms. The van der Waals surface area contributed by atoms with E-state index in [1.54, 1.807) is 18.2 Å². The van der Waals surface area contributed by atoms with Crippen molar-refractivity contribution in [2.24, 2.45) is 0 Å². The molecule has 2 amide bonds. The van der Waals surface area contributed by atoms with Crippen LogP contribution in [0.1, 0.15) is 12.0 Å². The van der Waals surface area contributed by atoms with E-state index >= 15 is 0 Å². The molecule has 0 saturated carbocycles. The van der Waals surface area contributed by atoms with Gasteiger partial charge in [-0.25, -0.2) is 4.79 Å². The Hall–Kier alpha value is -1.75. The fraction of sp³-hybridized carbons (Fsp3) is 0.273. The maximum atomic E-state index is 11.3. The summed E-state index contributed by atoms with van der Waals surface area (Å²) in [5.41, 5.74) is 1.48. The highest BCUT2D eigenvalue weighted by atomic mass is 35.5. The minimum Gasteiger partial charge on any atom is -0.481 e. The second kappa shape index (κ2) is 6.10. The van der Waals surface area contributed by atoms with Crippen molar-refractivity contribution in [1.82, 2.24) is 5.32 Å². The highest BCUT2D eigenvalue weighted by molar-refractivity contribution is 6.31. The zero-order chi connectivity index (χ0) is 12.8. The van der Waals surface area contributed by atoms with E-state index in [-0.39, 0.29) is 13.0 Å². The lowest BCUT2D eigenvalue weighted by Crippen LogP contribution is -2.30. The molecule has 0 bridgehead atoms. The van der Waals surface area contributed by atoms with E-state index in [9.17, 15) is 9.59 Å². The van der Waals surface area contributed by atoms with Crippen LogP contribution in [0, 0.1) is 6.92 Å². The molecule has 0 radical (unpaired) electrons. The summed E-state index contributed by atoms with van der Waals surface area (Å²) in [4.78, 5) is 21.6. The minimum atomic E-state index is -0.955. The summed E-state index contributed by atoms with van der Waals surface area (Å²) in [6.45, 7) is 1.94. The SMILES string of the molecule is Cc1ccc(NC(=O)NCCC(=O)O)cc1Cl. The van der Waals surface area contributed by atoms with Gasteiger partial charge < -0.3 is 15.7 Å². The van der Waals surface area contributed by atoms with Crippen LogP contribution in [0.15, 0.2) is 18.2 Å². The van der Waals surface area contributed by atoms with E-state index in [0.717, 1.165) is 5.56 Å². The summed E-state index contributed by atoms with van der Waals surface area (Å²) in [7, 11) is 0. The molecule has 1 aromatic rings. The van der Waals surface area contributed by atoms with Crippen molar-refractivity contribution in [2.45, 2.75) is 13.3 Å². The van der Waals surface area contributed by atoms with Gasteiger partial charge in [-0.1, -0.05) is 17.7 Å². The van der Waals surface area contributed by atoms with Gasteiger partial charge in [0.1, 0.15) is 0 Å². The molecule has 1 rings (SSSR count). The van der Waals surface area contributed by atoms with Crippen LogP contribution in [0.4, 0.5) is 10.5 Å². The van der Waals surface area contributed by atoms with Gasteiger partial charge >= 0.3 is 12.0 Å². The number of carboxylic acid groups (broad SMARTS) is 1. The molecule has 0 fully saturated rings. The van der Waals surface area contributed by atoms with Crippen LogP contribution in [0.25, 0.3) is 0 Å². The summed E-state index contributed by atoms with van der Waals surface area (Å²) in [5, 5.41) is 13.9. The number of anilines is 1. The quantitative estimate of drug-likeness (QED) is 0.773. The Kier molecular flexibility index (Phi) is 4.78. The first-order valence-corrected chi connectivity index (χ1v) is 5.39. The second-order valence-corrected chi connectivity index (χ2v) is 3.90. The number of carbonyl (C=O) groups excluding carboxylic acids is 1. The molecule has 0 spiro atoms. The number of hydrogen-bond donors (Lipinski definition) is 3. The van der Waals surface area contributed by atoms with Crippen molar-refractivity contribution in [3.8, 4) is 0 Å². The number of aryl methyl sites for hydroxylation is 1.